The van der Waals surface area contributed by atoms with E-state index in [0.717, 1.165) is 12.1 Å². The van der Waals surface area contributed by atoms with Crippen molar-refractivity contribution in [3.63, 3.8) is 0 Å². The Kier molecular flexibility index (Phi) is 5.69. The fourth-order valence-electron chi connectivity index (χ4n) is 1.89. The highest BCUT2D eigenvalue weighted by molar-refractivity contribution is 5.38. The largest absolute Gasteiger partial charge is 0.416 e. The molecule has 1 rings (SSSR count). The van der Waals surface area contributed by atoms with Gasteiger partial charge in [0.2, 0.25) is 0 Å². The van der Waals surface area contributed by atoms with Crippen molar-refractivity contribution in [3.05, 3.63) is 48.0 Å². The Balaban J connectivity index is 3.22. The molecule has 1 atom stereocenters. The summed E-state index contributed by atoms with van der Waals surface area (Å²) in [7, 11) is 1.32. The molecule has 7 heteroatoms. The third kappa shape index (κ3) is 3.64. The molecule has 0 N–H and O–H groups in total. The molecular formula is C15H13F3N2O2. The van der Waals surface area contributed by atoms with Crippen molar-refractivity contribution < 1.29 is 22.6 Å². The monoisotopic (exact) mass is 310 g/mol. The van der Waals surface area contributed by atoms with Crippen LogP contribution in [0.1, 0.15) is 17.0 Å². The predicted molar refractivity (Wildman–Crippen MR) is 71.3 cm³/mol. The molecule has 4 nitrogen and oxygen atoms in total. The zero-order chi connectivity index (χ0) is 16.8. The van der Waals surface area contributed by atoms with E-state index >= 15 is 0 Å². The molecule has 0 saturated carbocycles. The molecule has 0 spiro atoms. The van der Waals surface area contributed by atoms with Crippen LogP contribution in [0, 0.1) is 22.7 Å². The molecular weight excluding hydrogens is 297 g/mol. The van der Waals surface area contributed by atoms with Crippen LogP contribution >= 0.6 is 0 Å². The van der Waals surface area contributed by atoms with Gasteiger partial charge in [-0.1, -0.05) is 18.2 Å². The summed E-state index contributed by atoms with van der Waals surface area (Å²) < 4.78 is 47.5. The average Bonchev–Trinajstić information content (AvgIpc) is 2.51. The van der Waals surface area contributed by atoms with Crippen LogP contribution < -0.4 is 0 Å². The molecule has 0 heterocycles. The van der Waals surface area contributed by atoms with E-state index in [1.165, 1.54) is 25.3 Å². The molecule has 1 aromatic rings. The summed E-state index contributed by atoms with van der Waals surface area (Å²) in [4.78, 5) is 0. The third-order valence-corrected chi connectivity index (χ3v) is 3.01. The SMILES string of the molecule is C=C[C@H](c1ccc(C(F)(F)F)cc1)C(C#N)(C#N)OCOC. The van der Waals surface area contributed by atoms with Crippen molar-refractivity contribution in [1.29, 1.82) is 10.5 Å². The molecule has 0 aliphatic rings. The first-order chi connectivity index (χ1) is 10.3. The number of nitrogens with zero attached hydrogens (tertiary/aromatic N) is 2. The molecule has 0 aliphatic carbocycles. The smallest absolute Gasteiger partial charge is 0.359 e. The van der Waals surface area contributed by atoms with Gasteiger partial charge < -0.3 is 9.47 Å². The molecule has 0 unspecified atom stereocenters. The van der Waals surface area contributed by atoms with Crippen LogP contribution in [0.25, 0.3) is 0 Å². The minimum absolute atomic E-state index is 0.308. The van der Waals surface area contributed by atoms with E-state index in [0.29, 0.717) is 5.56 Å². The minimum Gasteiger partial charge on any atom is -0.359 e. The summed E-state index contributed by atoms with van der Waals surface area (Å²) in [5.74, 6) is -0.931. The van der Waals surface area contributed by atoms with Gasteiger partial charge in [0.05, 0.1) is 11.5 Å². The molecule has 22 heavy (non-hydrogen) atoms. The quantitative estimate of drug-likeness (QED) is 0.597. The van der Waals surface area contributed by atoms with Gasteiger partial charge >= 0.3 is 6.18 Å². The maximum absolute atomic E-state index is 12.6. The molecule has 0 aliphatic heterocycles. The lowest BCUT2D eigenvalue weighted by Gasteiger charge is -2.26. The number of rotatable bonds is 6. The number of methoxy groups -OCH3 is 1. The molecule has 0 amide bonds. The first-order valence-corrected chi connectivity index (χ1v) is 6.09. The lowest BCUT2D eigenvalue weighted by molar-refractivity contribution is -0.137. The summed E-state index contributed by atoms with van der Waals surface area (Å²) in [5, 5.41) is 18.5. The number of halogens is 3. The van der Waals surface area contributed by atoms with Gasteiger partial charge in [-0.2, -0.15) is 23.7 Å². The zero-order valence-corrected chi connectivity index (χ0v) is 11.7. The summed E-state index contributed by atoms with van der Waals surface area (Å²) >= 11 is 0. The number of alkyl halides is 3. The Morgan fingerprint density at radius 3 is 2.14 bits per heavy atom. The molecule has 0 radical (unpaired) electrons. The molecule has 0 aromatic heterocycles. The summed E-state index contributed by atoms with van der Waals surface area (Å²) in [5.41, 5.74) is -2.45. The topological polar surface area (TPSA) is 66.0 Å². The Labute approximate surface area is 126 Å². The van der Waals surface area contributed by atoms with E-state index in [-0.39, 0.29) is 6.79 Å². The highest BCUT2D eigenvalue weighted by Crippen LogP contribution is 2.35. The van der Waals surface area contributed by atoms with E-state index in [1.54, 1.807) is 12.1 Å². The normalized spacial score (nSPS) is 13.0. The second kappa shape index (κ2) is 7.08. The average molecular weight is 310 g/mol. The fourth-order valence-corrected chi connectivity index (χ4v) is 1.89. The number of benzene rings is 1. The highest BCUT2D eigenvalue weighted by Gasteiger charge is 2.41. The van der Waals surface area contributed by atoms with Crippen molar-refractivity contribution in [2.75, 3.05) is 13.9 Å². The van der Waals surface area contributed by atoms with Crippen molar-refractivity contribution in [2.24, 2.45) is 0 Å². The second-order valence-corrected chi connectivity index (χ2v) is 4.34. The van der Waals surface area contributed by atoms with Gasteiger partial charge in [-0.25, -0.2) is 0 Å². The van der Waals surface area contributed by atoms with Crippen molar-refractivity contribution in [2.45, 2.75) is 17.7 Å². The molecule has 0 bridgehead atoms. The van der Waals surface area contributed by atoms with Gasteiger partial charge in [0.15, 0.2) is 0 Å². The number of hydrogen-bond donors (Lipinski definition) is 0. The van der Waals surface area contributed by atoms with Crippen LogP contribution in [-0.2, 0) is 15.7 Å². The minimum atomic E-state index is -4.46. The van der Waals surface area contributed by atoms with E-state index in [9.17, 15) is 23.7 Å². The Morgan fingerprint density at radius 1 is 1.23 bits per heavy atom. The van der Waals surface area contributed by atoms with Crippen LogP contribution in [0.4, 0.5) is 13.2 Å². The van der Waals surface area contributed by atoms with Crippen molar-refractivity contribution >= 4 is 0 Å². The van der Waals surface area contributed by atoms with E-state index < -0.39 is 23.3 Å². The third-order valence-electron chi connectivity index (χ3n) is 3.01. The van der Waals surface area contributed by atoms with Crippen LogP contribution in [-0.4, -0.2) is 19.5 Å². The Hall–Kier alpha value is -2.35. The van der Waals surface area contributed by atoms with Crippen LogP contribution in [0.3, 0.4) is 0 Å². The maximum atomic E-state index is 12.6. The molecule has 116 valence electrons. The van der Waals surface area contributed by atoms with Gasteiger partial charge in [-0.3, -0.25) is 0 Å². The summed E-state index contributed by atoms with van der Waals surface area (Å²) in [6, 6.07) is 7.61. The summed E-state index contributed by atoms with van der Waals surface area (Å²) in [6.07, 6.45) is -3.18. The first-order valence-electron chi connectivity index (χ1n) is 6.09. The first kappa shape index (κ1) is 17.7. The van der Waals surface area contributed by atoms with E-state index in [4.69, 9.17) is 4.74 Å². The van der Waals surface area contributed by atoms with Crippen LogP contribution in [0.5, 0.6) is 0 Å². The Bertz CT molecular complexity index is 583. The number of ether oxygens (including phenoxy) is 2. The molecule has 0 saturated heterocycles. The van der Waals surface area contributed by atoms with Crippen molar-refractivity contribution in [3.8, 4) is 12.1 Å². The van der Waals surface area contributed by atoms with E-state index in [2.05, 4.69) is 11.3 Å². The summed E-state index contributed by atoms with van der Waals surface area (Å²) in [6.45, 7) is 3.22. The standard InChI is InChI=1S/C15H13F3N2O2/c1-3-13(14(8-19,9-20)22-10-21-2)11-4-6-12(7-5-11)15(16,17)18/h3-7,13H,1,10H2,2H3/t13-/m1/s1. The second-order valence-electron chi connectivity index (χ2n) is 4.34. The lowest BCUT2D eigenvalue weighted by Crippen LogP contribution is -2.36. The van der Waals surface area contributed by atoms with Gasteiger partial charge in [-0.05, 0) is 17.7 Å². The van der Waals surface area contributed by atoms with Crippen LogP contribution in [0.15, 0.2) is 36.9 Å². The molecule has 1 aromatic carbocycles. The number of nitriles is 2. The highest BCUT2D eigenvalue weighted by atomic mass is 19.4. The van der Waals surface area contributed by atoms with E-state index in [1.807, 2.05) is 0 Å². The van der Waals surface area contributed by atoms with Crippen molar-refractivity contribution in [1.82, 2.24) is 0 Å². The van der Waals surface area contributed by atoms with Crippen LogP contribution in [0.2, 0.25) is 0 Å². The number of hydrogen-bond acceptors (Lipinski definition) is 4. The zero-order valence-electron chi connectivity index (χ0n) is 11.7. The maximum Gasteiger partial charge on any atom is 0.416 e. The van der Waals surface area contributed by atoms with Gasteiger partial charge in [0, 0.05) is 7.11 Å². The predicted octanol–water partition coefficient (Wildman–Crippen LogP) is 3.38. The Morgan fingerprint density at radius 2 is 1.77 bits per heavy atom. The van der Waals surface area contributed by atoms with Gasteiger partial charge in [0.25, 0.3) is 5.60 Å². The lowest BCUT2D eigenvalue weighted by atomic mass is 9.83. The molecule has 0 fully saturated rings. The van der Waals surface area contributed by atoms with Gasteiger partial charge in [-0.15, -0.1) is 6.58 Å². The van der Waals surface area contributed by atoms with Gasteiger partial charge in [0.1, 0.15) is 18.9 Å². The fraction of sp³-hybridized carbons (Fsp3) is 0.333.